The molecule has 0 radical (unpaired) electrons. The molecule has 5 heteroatoms. The fourth-order valence-electron chi connectivity index (χ4n) is 1.83. The first-order valence-corrected chi connectivity index (χ1v) is 7.50. The Morgan fingerprint density at radius 1 is 0.958 bits per heavy atom. The minimum Gasteiger partial charge on any atom is -0.318 e. The second kappa shape index (κ2) is 8.43. The molecule has 2 aromatic carbocycles. The summed E-state index contributed by atoms with van der Waals surface area (Å²) in [5.41, 5.74) is 5.47. The van der Waals surface area contributed by atoms with Gasteiger partial charge in [-0.05, 0) is 37.6 Å². The smallest absolute Gasteiger partial charge is 0.318 e. The van der Waals surface area contributed by atoms with Crippen LogP contribution in [0.15, 0.2) is 65.8 Å². The fourth-order valence-corrected chi connectivity index (χ4v) is 1.83. The lowest BCUT2D eigenvalue weighted by atomic mass is 10.2. The van der Waals surface area contributed by atoms with E-state index in [1.165, 1.54) is 0 Å². The number of aryl methyl sites for hydroxylation is 1. The van der Waals surface area contributed by atoms with Crippen molar-refractivity contribution in [2.75, 3.05) is 5.32 Å². The standard InChI is InChI=1S/C19H19N3O2/c1-14-8-12-17(13-9-14)20-18(23)19(24)22-21-15(2)10-11-16-6-4-3-5-7-16/h3-13H,1-2H3,(H,20,23)(H,22,24)/b11-10+,21-15-. The van der Waals surface area contributed by atoms with Crippen LogP contribution in [0, 0.1) is 6.92 Å². The van der Waals surface area contributed by atoms with E-state index < -0.39 is 11.8 Å². The monoisotopic (exact) mass is 321 g/mol. The molecule has 2 rings (SSSR count). The van der Waals surface area contributed by atoms with Crippen molar-refractivity contribution in [2.24, 2.45) is 5.10 Å². The van der Waals surface area contributed by atoms with Crippen molar-refractivity contribution in [2.45, 2.75) is 13.8 Å². The first kappa shape index (κ1) is 17.1. The molecule has 0 unspecified atom stereocenters. The summed E-state index contributed by atoms with van der Waals surface area (Å²) in [5.74, 6) is -1.58. The summed E-state index contributed by atoms with van der Waals surface area (Å²) in [5, 5.41) is 6.40. The summed E-state index contributed by atoms with van der Waals surface area (Å²) >= 11 is 0. The molecule has 0 aliphatic heterocycles. The van der Waals surface area contributed by atoms with E-state index in [0.717, 1.165) is 11.1 Å². The molecule has 0 fully saturated rings. The van der Waals surface area contributed by atoms with Gasteiger partial charge in [0.15, 0.2) is 0 Å². The van der Waals surface area contributed by atoms with Crippen LogP contribution in [0.3, 0.4) is 0 Å². The predicted molar refractivity (Wildman–Crippen MR) is 96.5 cm³/mol. The lowest BCUT2D eigenvalue weighted by molar-refractivity contribution is -0.136. The number of hydrogen-bond acceptors (Lipinski definition) is 3. The highest BCUT2D eigenvalue weighted by atomic mass is 16.2. The van der Waals surface area contributed by atoms with Gasteiger partial charge < -0.3 is 5.32 Å². The van der Waals surface area contributed by atoms with Crippen LogP contribution < -0.4 is 10.7 Å². The number of hydrogen-bond donors (Lipinski definition) is 2. The van der Waals surface area contributed by atoms with E-state index in [2.05, 4.69) is 15.8 Å². The summed E-state index contributed by atoms with van der Waals surface area (Å²) in [6, 6.07) is 16.9. The van der Waals surface area contributed by atoms with Gasteiger partial charge in [-0.1, -0.05) is 54.1 Å². The summed E-state index contributed by atoms with van der Waals surface area (Å²) in [7, 11) is 0. The van der Waals surface area contributed by atoms with Crippen molar-refractivity contribution in [1.82, 2.24) is 5.43 Å². The van der Waals surface area contributed by atoms with E-state index in [0.29, 0.717) is 11.4 Å². The minimum absolute atomic E-state index is 0.561. The van der Waals surface area contributed by atoms with Crippen LogP contribution in [-0.2, 0) is 9.59 Å². The highest BCUT2D eigenvalue weighted by molar-refractivity contribution is 6.39. The maximum Gasteiger partial charge on any atom is 0.329 e. The number of rotatable bonds is 4. The molecular weight excluding hydrogens is 302 g/mol. The molecule has 0 aliphatic rings. The molecule has 5 nitrogen and oxygen atoms in total. The van der Waals surface area contributed by atoms with Gasteiger partial charge in [0.05, 0.1) is 5.71 Å². The van der Waals surface area contributed by atoms with E-state index in [-0.39, 0.29) is 0 Å². The number of carbonyl (C=O) groups is 2. The Bertz CT molecular complexity index is 763. The van der Waals surface area contributed by atoms with Crippen LogP contribution >= 0.6 is 0 Å². The van der Waals surface area contributed by atoms with E-state index >= 15 is 0 Å². The van der Waals surface area contributed by atoms with Gasteiger partial charge >= 0.3 is 11.8 Å². The molecule has 0 saturated carbocycles. The molecule has 0 atom stereocenters. The molecule has 0 bridgehead atoms. The molecule has 2 aromatic rings. The van der Waals surface area contributed by atoms with Crippen molar-refractivity contribution < 1.29 is 9.59 Å². The SMILES string of the molecule is CC(/C=C/c1ccccc1)=N/NC(=O)C(=O)Nc1ccc(C)cc1. The Balaban J connectivity index is 1.87. The third-order valence-electron chi connectivity index (χ3n) is 3.17. The van der Waals surface area contributed by atoms with Gasteiger partial charge in [0, 0.05) is 5.69 Å². The summed E-state index contributed by atoms with van der Waals surface area (Å²) in [6.07, 6.45) is 3.63. The predicted octanol–water partition coefficient (Wildman–Crippen LogP) is 3.14. The second-order valence-electron chi connectivity index (χ2n) is 5.26. The van der Waals surface area contributed by atoms with Crippen molar-refractivity contribution in [1.29, 1.82) is 0 Å². The molecular formula is C19H19N3O2. The van der Waals surface area contributed by atoms with Gasteiger partial charge in [0.25, 0.3) is 0 Å². The Labute approximate surface area is 141 Å². The quantitative estimate of drug-likeness (QED) is 0.516. The Morgan fingerprint density at radius 2 is 1.62 bits per heavy atom. The molecule has 0 aromatic heterocycles. The summed E-state index contributed by atoms with van der Waals surface area (Å²) < 4.78 is 0. The topological polar surface area (TPSA) is 70.6 Å². The first-order chi connectivity index (χ1) is 11.5. The van der Waals surface area contributed by atoms with Gasteiger partial charge in [-0.3, -0.25) is 9.59 Å². The largest absolute Gasteiger partial charge is 0.329 e. The molecule has 122 valence electrons. The first-order valence-electron chi connectivity index (χ1n) is 7.50. The molecule has 0 spiro atoms. The number of benzene rings is 2. The molecule has 2 N–H and O–H groups in total. The maximum absolute atomic E-state index is 11.8. The van der Waals surface area contributed by atoms with Gasteiger partial charge in [-0.15, -0.1) is 0 Å². The van der Waals surface area contributed by atoms with Crippen LogP contribution in [0.4, 0.5) is 5.69 Å². The number of allylic oxidation sites excluding steroid dienone is 1. The molecule has 24 heavy (non-hydrogen) atoms. The normalized spacial score (nSPS) is 11.3. The summed E-state index contributed by atoms with van der Waals surface area (Å²) in [6.45, 7) is 3.68. The van der Waals surface area contributed by atoms with E-state index in [9.17, 15) is 9.59 Å². The zero-order chi connectivity index (χ0) is 17.4. The highest BCUT2D eigenvalue weighted by Gasteiger charge is 2.12. The van der Waals surface area contributed by atoms with Crippen LogP contribution in [0.1, 0.15) is 18.1 Å². The van der Waals surface area contributed by atoms with Crippen molar-refractivity contribution in [3.8, 4) is 0 Å². The zero-order valence-corrected chi connectivity index (χ0v) is 13.6. The lowest BCUT2D eigenvalue weighted by Crippen LogP contribution is -2.32. The fraction of sp³-hybridized carbons (Fsp3) is 0.105. The molecule has 2 amide bonds. The number of nitrogens with zero attached hydrogens (tertiary/aromatic N) is 1. The Kier molecular flexibility index (Phi) is 6.02. The molecule has 0 heterocycles. The number of carbonyl (C=O) groups excluding carboxylic acids is 2. The lowest BCUT2D eigenvalue weighted by Gasteiger charge is -2.04. The third-order valence-corrected chi connectivity index (χ3v) is 3.17. The third kappa shape index (κ3) is 5.53. The van der Waals surface area contributed by atoms with Crippen molar-refractivity contribution >= 4 is 29.3 Å². The van der Waals surface area contributed by atoms with Crippen LogP contribution in [-0.4, -0.2) is 17.5 Å². The van der Waals surface area contributed by atoms with Gasteiger partial charge in [0.1, 0.15) is 0 Å². The Morgan fingerprint density at radius 3 is 2.29 bits per heavy atom. The van der Waals surface area contributed by atoms with E-state index in [1.54, 1.807) is 25.1 Å². The number of amides is 2. The van der Waals surface area contributed by atoms with Crippen LogP contribution in [0.2, 0.25) is 0 Å². The number of anilines is 1. The van der Waals surface area contributed by atoms with Crippen molar-refractivity contribution in [3.05, 3.63) is 71.8 Å². The average molecular weight is 321 g/mol. The average Bonchev–Trinajstić information content (AvgIpc) is 2.60. The maximum atomic E-state index is 11.8. The van der Waals surface area contributed by atoms with Gasteiger partial charge in [0.2, 0.25) is 0 Å². The van der Waals surface area contributed by atoms with E-state index in [4.69, 9.17) is 0 Å². The minimum atomic E-state index is -0.817. The zero-order valence-electron chi connectivity index (χ0n) is 13.6. The number of nitrogens with one attached hydrogen (secondary N) is 2. The van der Waals surface area contributed by atoms with Gasteiger partial charge in [-0.25, -0.2) is 5.43 Å². The highest BCUT2D eigenvalue weighted by Crippen LogP contribution is 2.08. The molecule has 0 aliphatic carbocycles. The second-order valence-corrected chi connectivity index (χ2v) is 5.26. The van der Waals surface area contributed by atoms with Crippen molar-refractivity contribution in [3.63, 3.8) is 0 Å². The molecule has 0 saturated heterocycles. The van der Waals surface area contributed by atoms with Gasteiger partial charge in [-0.2, -0.15) is 5.10 Å². The number of hydrazone groups is 1. The summed E-state index contributed by atoms with van der Waals surface area (Å²) in [4.78, 5) is 23.5. The van der Waals surface area contributed by atoms with Crippen LogP contribution in [0.25, 0.3) is 6.08 Å². The van der Waals surface area contributed by atoms with Crippen LogP contribution in [0.5, 0.6) is 0 Å². The van der Waals surface area contributed by atoms with E-state index in [1.807, 2.05) is 55.5 Å². The Hall–Kier alpha value is -3.21.